The Hall–Kier alpha value is -3.76. The predicted octanol–water partition coefficient (Wildman–Crippen LogP) is 6.27. The molecule has 1 unspecified atom stereocenters. The van der Waals surface area contributed by atoms with Crippen molar-refractivity contribution in [1.29, 1.82) is 0 Å². The van der Waals surface area contributed by atoms with Gasteiger partial charge >= 0.3 is 6.09 Å². The number of amides is 2. The summed E-state index contributed by atoms with van der Waals surface area (Å²) in [7, 11) is 3.15. The first kappa shape index (κ1) is 35.5. The summed E-state index contributed by atoms with van der Waals surface area (Å²) in [6.45, 7) is 7.09. The quantitative estimate of drug-likeness (QED) is 0.135. The van der Waals surface area contributed by atoms with Gasteiger partial charge in [-0.25, -0.2) is 4.79 Å². The topological polar surface area (TPSA) is 89.6 Å². The number of nitrogens with one attached hydrogen (secondary N) is 1. The number of methoxy groups -OCH3 is 2. The maximum absolute atomic E-state index is 12.9. The van der Waals surface area contributed by atoms with E-state index in [9.17, 15) is 9.59 Å². The lowest BCUT2D eigenvalue weighted by Crippen LogP contribution is -2.39. The number of nitrogens with zero attached hydrogens (tertiary/aromatic N) is 2. The number of fused-ring (bicyclic) bond motifs is 1. The zero-order chi connectivity index (χ0) is 33.7. The zero-order valence-corrected chi connectivity index (χ0v) is 28.6. The number of rotatable bonds is 17. The minimum absolute atomic E-state index is 0.0349. The fraction of sp³-hybridized carbons (Fsp3) is 0.487. The van der Waals surface area contributed by atoms with E-state index in [1.807, 2.05) is 61.5 Å². The van der Waals surface area contributed by atoms with E-state index in [4.69, 9.17) is 18.9 Å². The van der Waals surface area contributed by atoms with Gasteiger partial charge < -0.3 is 28.7 Å². The van der Waals surface area contributed by atoms with Gasteiger partial charge in [-0.3, -0.25) is 10.1 Å². The molecule has 9 nitrogen and oxygen atoms in total. The van der Waals surface area contributed by atoms with Crippen LogP contribution in [0, 0.1) is 11.8 Å². The van der Waals surface area contributed by atoms with Crippen LogP contribution in [0.15, 0.2) is 78.9 Å². The molecule has 1 heterocycles. The van der Waals surface area contributed by atoms with Crippen LogP contribution in [0.2, 0.25) is 0 Å². The number of ether oxygens (including phenoxy) is 4. The largest absolute Gasteiger partial charge is 0.446 e. The highest BCUT2D eigenvalue weighted by Gasteiger charge is 2.42. The van der Waals surface area contributed by atoms with Crippen molar-refractivity contribution in [3.05, 3.63) is 90.0 Å². The van der Waals surface area contributed by atoms with Crippen LogP contribution in [0.3, 0.4) is 0 Å². The minimum Gasteiger partial charge on any atom is -0.446 e. The molecular weight excluding hydrogens is 606 g/mol. The molecule has 5 rings (SSSR count). The van der Waals surface area contributed by atoms with Gasteiger partial charge in [0.05, 0.1) is 31.9 Å². The Morgan fingerprint density at radius 3 is 2.27 bits per heavy atom. The zero-order valence-electron chi connectivity index (χ0n) is 28.6. The van der Waals surface area contributed by atoms with Gasteiger partial charge in [0.25, 0.3) is 0 Å². The fourth-order valence-electron chi connectivity index (χ4n) is 7.04. The van der Waals surface area contributed by atoms with Crippen LogP contribution in [0.1, 0.15) is 37.3 Å². The van der Waals surface area contributed by atoms with Gasteiger partial charge in [0.15, 0.2) is 6.29 Å². The summed E-state index contributed by atoms with van der Waals surface area (Å²) in [6, 6.07) is 26.7. The van der Waals surface area contributed by atoms with Crippen LogP contribution < -0.4 is 5.32 Å². The first-order valence-corrected chi connectivity index (χ1v) is 17.3. The predicted molar refractivity (Wildman–Crippen MR) is 188 cm³/mol. The second-order valence-electron chi connectivity index (χ2n) is 12.8. The monoisotopic (exact) mass is 657 g/mol. The van der Waals surface area contributed by atoms with Crippen molar-refractivity contribution in [3.63, 3.8) is 0 Å². The van der Waals surface area contributed by atoms with Crippen LogP contribution in [0.5, 0.6) is 0 Å². The molecule has 3 atom stereocenters. The molecule has 1 saturated heterocycles. The van der Waals surface area contributed by atoms with Gasteiger partial charge in [-0.1, -0.05) is 72.8 Å². The highest BCUT2D eigenvalue weighted by atomic mass is 16.7. The first-order chi connectivity index (χ1) is 23.4. The third kappa shape index (κ3) is 10.1. The molecule has 9 heteroatoms. The summed E-state index contributed by atoms with van der Waals surface area (Å²) in [5, 5.41) is 2.99. The van der Waals surface area contributed by atoms with E-state index in [2.05, 4.69) is 34.5 Å². The van der Waals surface area contributed by atoms with E-state index >= 15 is 0 Å². The van der Waals surface area contributed by atoms with E-state index < -0.39 is 6.29 Å². The van der Waals surface area contributed by atoms with Gasteiger partial charge in [-0.2, -0.15) is 0 Å². The Morgan fingerprint density at radius 1 is 0.875 bits per heavy atom. The smallest absolute Gasteiger partial charge is 0.411 e. The number of para-hydroxylation sites is 1. The highest BCUT2D eigenvalue weighted by molar-refractivity contribution is 5.91. The molecular formula is C39H51N3O6. The minimum atomic E-state index is -0.422. The first-order valence-electron chi connectivity index (χ1n) is 17.3. The molecule has 0 radical (unpaired) electrons. The van der Waals surface area contributed by atoms with Crippen molar-refractivity contribution in [1.82, 2.24) is 9.80 Å². The number of carbonyl (C=O) groups is 2. The van der Waals surface area contributed by atoms with E-state index in [1.165, 1.54) is 11.1 Å². The van der Waals surface area contributed by atoms with Crippen LogP contribution in [-0.2, 0) is 36.6 Å². The second-order valence-corrected chi connectivity index (χ2v) is 12.8. The molecule has 3 aromatic rings. The summed E-state index contributed by atoms with van der Waals surface area (Å²) < 4.78 is 22.2. The Bertz CT molecular complexity index is 1430. The average Bonchev–Trinajstić information content (AvgIpc) is 3.66. The average molecular weight is 658 g/mol. The molecule has 2 amide bonds. The number of hydrogen-bond acceptors (Lipinski definition) is 7. The standard InChI is InChI=1S/C39H51N3O6/c1-4-42(28-38(45-2)46-3)37(43)19-22-47-21-18-30-12-10-11-29(23-30)17-20-41-26-32-24-34(25-33(32)27-41)48-39(44)40-36-16-9-8-15-35(36)31-13-6-5-7-14-31/h5-16,23,32-34,38H,4,17-22,24-28H2,1-3H3,(H,40,44)/t32-,33+,34?. The van der Waals surface area contributed by atoms with Crippen molar-refractivity contribution in [2.24, 2.45) is 11.8 Å². The normalized spacial score (nSPS) is 19.0. The molecule has 1 N–H and O–H groups in total. The summed E-state index contributed by atoms with van der Waals surface area (Å²) in [5.41, 5.74) is 5.39. The van der Waals surface area contributed by atoms with Gasteiger partial charge in [-0.15, -0.1) is 0 Å². The van der Waals surface area contributed by atoms with E-state index in [0.717, 1.165) is 62.1 Å². The summed E-state index contributed by atoms with van der Waals surface area (Å²) in [6.07, 6.45) is 3.18. The third-order valence-corrected chi connectivity index (χ3v) is 9.64. The lowest BCUT2D eigenvalue weighted by atomic mass is 10.0. The fourth-order valence-corrected chi connectivity index (χ4v) is 7.04. The van der Waals surface area contributed by atoms with Gasteiger partial charge in [-0.05, 0) is 67.2 Å². The number of likely N-dealkylation sites (N-methyl/N-ethyl adjacent to an activating group) is 1. The van der Waals surface area contributed by atoms with Crippen molar-refractivity contribution in [2.45, 2.75) is 51.4 Å². The van der Waals surface area contributed by atoms with Crippen molar-refractivity contribution in [3.8, 4) is 11.1 Å². The number of benzene rings is 3. The maximum Gasteiger partial charge on any atom is 0.411 e. The SMILES string of the molecule is CCN(CC(OC)OC)C(=O)CCOCCc1cccc(CCN2C[C@H]3CC(OC(=O)Nc4ccccc4-c4ccccc4)C[C@H]3C2)c1. The molecule has 0 bridgehead atoms. The molecule has 258 valence electrons. The van der Waals surface area contributed by atoms with Gasteiger partial charge in [0.2, 0.25) is 5.91 Å². The number of hydrogen-bond donors (Lipinski definition) is 1. The molecule has 1 aliphatic heterocycles. The molecule has 2 aliphatic rings. The van der Waals surface area contributed by atoms with E-state index in [1.54, 1.807) is 19.1 Å². The molecule has 0 spiro atoms. The van der Waals surface area contributed by atoms with Gasteiger partial charge in [0.1, 0.15) is 6.10 Å². The van der Waals surface area contributed by atoms with Crippen molar-refractivity contribution in [2.75, 3.05) is 65.5 Å². The number of likely N-dealkylation sites (tertiary alicyclic amines) is 1. The number of anilines is 1. The Labute approximate surface area is 285 Å². The Balaban J connectivity index is 0.982. The third-order valence-electron chi connectivity index (χ3n) is 9.64. The van der Waals surface area contributed by atoms with Crippen LogP contribution in [-0.4, -0.2) is 94.4 Å². The second kappa shape index (κ2) is 18.1. The molecule has 48 heavy (non-hydrogen) atoms. The van der Waals surface area contributed by atoms with E-state index in [0.29, 0.717) is 44.6 Å². The lowest BCUT2D eigenvalue weighted by molar-refractivity contribution is -0.145. The van der Waals surface area contributed by atoms with Crippen molar-refractivity contribution < 1.29 is 28.5 Å². The summed E-state index contributed by atoms with van der Waals surface area (Å²) >= 11 is 0. The van der Waals surface area contributed by atoms with Crippen LogP contribution in [0.25, 0.3) is 11.1 Å². The lowest BCUT2D eigenvalue weighted by Gasteiger charge is -2.25. The van der Waals surface area contributed by atoms with Crippen molar-refractivity contribution >= 4 is 17.7 Å². The van der Waals surface area contributed by atoms with Crippen LogP contribution in [0.4, 0.5) is 10.5 Å². The Kier molecular flexibility index (Phi) is 13.4. The molecule has 3 aromatic carbocycles. The Morgan fingerprint density at radius 2 is 1.56 bits per heavy atom. The number of carbonyl (C=O) groups excluding carboxylic acids is 2. The van der Waals surface area contributed by atoms with Crippen LogP contribution >= 0.6 is 0 Å². The van der Waals surface area contributed by atoms with Gasteiger partial charge in [0, 0.05) is 46.0 Å². The molecule has 2 fully saturated rings. The molecule has 0 aromatic heterocycles. The highest BCUT2D eigenvalue weighted by Crippen LogP contribution is 2.39. The summed E-state index contributed by atoms with van der Waals surface area (Å²) in [4.78, 5) is 29.7. The molecule has 1 aliphatic carbocycles. The molecule has 1 saturated carbocycles. The maximum atomic E-state index is 12.9. The van der Waals surface area contributed by atoms with E-state index in [-0.39, 0.29) is 18.1 Å². The summed E-state index contributed by atoms with van der Waals surface area (Å²) in [5.74, 6) is 1.18.